The maximum atomic E-state index is 13.1. The number of aromatic nitrogens is 2. The van der Waals surface area contributed by atoms with Crippen LogP contribution < -0.4 is 11.1 Å². The Labute approximate surface area is 116 Å². The Bertz CT molecular complexity index is 693. The number of alkyl halides is 3. The van der Waals surface area contributed by atoms with Crippen molar-refractivity contribution in [2.24, 2.45) is 0 Å². The highest BCUT2D eigenvalue weighted by Crippen LogP contribution is 2.32. The Kier molecular flexibility index (Phi) is 3.58. The first-order valence-corrected chi connectivity index (χ1v) is 5.68. The van der Waals surface area contributed by atoms with E-state index in [1.165, 1.54) is 0 Å². The van der Waals surface area contributed by atoms with Gasteiger partial charge in [-0.2, -0.15) is 18.3 Å². The van der Waals surface area contributed by atoms with E-state index in [0.717, 1.165) is 6.07 Å². The molecule has 0 aliphatic rings. The van der Waals surface area contributed by atoms with Crippen molar-refractivity contribution in [2.75, 3.05) is 11.1 Å². The number of carbonyl (C=O) groups is 1. The maximum Gasteiger partial charge on any atom is 0.419 e. The van der Waals surface area contributed by atoms with Gasteiger partial charge in [0.05, 0.1) is 16.9 Å². The second-order valence-corrected chi connectivity index (χ2v) is 4.26. The van der Waals surface area contributed by atoms with Gasteiger partial charge < -0.3 is 11.1 Å². The van der Waals surface area contributed by atoms with Crippen LogP contribution in [0.25, 0.3) is 0 Å². The molecule has 0 saturated heterocycles. The van der Waals surface area contributed by atoms with Gasteiger partial charge in [0.15, 0.2) is 5.82 Å². The smallest absolute Gasteiger partial charge is 0.394 e. The Morgan fingerprint density at radius 2 is 2.05 bits per heavy atom. The number of aryl methyl sites for hydroxylation is 1. The Hall–Kier alpha value is -2.58. The summed E-state index contributed by atoms with van der Waals surface area (Å²) in [5.74, 6) is -2.33. The minimum absolute atomic E-state index is 0.00427. The second-order valence-electron chi connectivity index (χ2n) is 4.26. The molecule has 0 aliphatic heterocycles. The number of hydrogen-bond acceptors (Lipinski definition) is 3. The standard InChI is InChI=1S/C12H10F4N4O/c1-5-9(17)10(20-19-5)18-11(21)6-2-3-8(13)7(4-6)12(14,15)16/h2-4H,17H2,1H3,(H2,18,19,20,21). The molecule has 21 heavy (non-hydrogen) atoms. The van der Waals surface area contributed by atoms with Gasteiger partial charge in [-0.15, -0.1) is 0 Å². The summed E-state index contributed by atoms with van der Waals surface area (Å²) in [6.45, 7) is 1.61. The molecular weight excluding hydrogens is 292 g/mol. The van der Waals surface area contributed by atoms with Gasteiger partial charge in [0.2, 0.25) is 0 Å². The molecule has 0 atom stereocenters. The Morgan fingerprint density at radius 1 is 1.38 bits per heavy atom. The van der Waals surface area contributed by atoms with E-state index in [9.17, 15) is 22.4 Å². The molecule has 0 unspecified atom stereocenters. The predicted molar refractivity (Wildman–Crippen MR) is 67.1 cm³/mol. The lowest BCUT2D eigenvalue weighted by molar-refractivity contribution is -0.140. The van der Waals surface area contributed by atoms with Crippen molar-refractivity contribution in [3.63, 3.8) is 0 Å². The molecule has 0 radical (unpaired) electrons. The normalized spacial score (nSPS) is 11.5. The average Bonchev–Trinajstić information content (AvgIpc) is 2.70. The summed E-state index contributed by atoms with van der Waals surface area (Å²) in [5, 5.41) is 8.45. The van der Waals surface area contributed by atoms with Crippen LogP contribution in [0.5, 0.6) is 0 Å². The molecule has 5 nitrogen and oxygen atoms in total. The van der Waals surface area contributed by atoms with Gasteiger partial charge in [0.25, 0.3) is 5.91 Å². The number of amides is 1. The molecule has 4 N–H and O–H groups in total. The van der Waals surface area contributed by atoms with Gasteiger partial charge in [0.1, 0.15) is 5.82 Å². The van der Waals surface area contributed by atoms with Crippen LogP contribution in [-0.2, 0) is 6.18 Å². The van der Waals surface area contributed by atoms with E-state index in [1.54, 1.807) is 6.92 Å². The number of nitrogens with one attached hydrogen (secondary N) is 2. The number of aromatic amines is 1. The molecular formula is C12H10F4N4O. The van der Waals surface area contributed by atoms with Crippen molar-refractivity contribution in [1.82, 2.24) is 10.2 Å². The Balaban J connectivity index is 2.30. The van der Waals surface area contributed by atoms with Crippen LogP contribution in [-0.4, -0.2) is 16.1 Å². The van der Waals surface area contributed by atoms with Crippen molar-refractivity contribution in [2.45, 2.75) is 13.1 Å². The van der Waals surface area contributed by atoms with Gasteiger partial charge in [0, 0.05) is 5.56 Å². The third-order valence-electron chi connectivity index (χ3n) is 2.76. The monoisotopic (exact) mass is 302 g/mol. The molecule has 0 bridgehead atoms. The maximum absolute atomic E-state index is 13.1. The lowest BCUT2D eigenvalue weighted by Crippen LogP contribution is -2.16. The molecule has 1 amide bonds. The van der Waals surface area contributed by atoms with Crippen LogP contribution in [0.3, 0.4) is 0 Å². The zero-order valence-electron chi connectivity index (χ0n) is 10.7. The molecule has 1 aromatic carbocycles. The van der Waals surface area contributed by atoms with Crippen LogP contribution in [0.4, 0.5) is 29.1 Å². The SMILES string of the molecule is Cc1[nH]nc(NC(=O)c2ccc(F)c(C(F)(F)F)c2)c1N. The minimum Gasteiger partial charge on any atom is -0.394 e. The number of benzene rings is 1. The first-order chi connectivity index (χ1) is 9.70. The van der Waals surface area contributed by atoms with Gasteiger partial charge >= 0.3 is 6.18 Å². The molecule has 0 saturated carbocycles. The van der Waals surface area contributed by atoms with Crippen molar-refractivity contribution in [3.05, 3.63) is 40.8 Å². The number of rotatable bonds is 2. The molecule has 2 aromatic rings. The fraction of sp³-hybridized carbons (Fsp3) is 0.167. The fourth-order valence-corrected chi connectivity index (χ4v) is 1.60. The minimum atomic E-state index is -4.89. The van der Waals surface area contributed by atoms with E-state index >= 15 is 0 Å². The molecule has 2 rings (SSSR count). The zero-order valence-corrected chi connectivity index (χ0v) is 10.7. The van der Waals surface area contributed by atoms with E-state index in [-0.39, 0.29) is 17.1 Å². The lowest BCUT2D eigenvalue weighted by Gasteiger charge is -2.10. The summed E-state index contributed by atoms with van der Waals surface area (Å²) < 4.78 is 50.9. The summed E-state index contributed by atoms with van der Waals surface area (Å²) in [5.41, 5.74) is 4.40. The number of carbonyl (C=O) groups excluding carboxylic acids is 1. The van der Waals surface area contributed by atoms with E-state index in [4.69, 9.17) is 5.73 Å². The summed E-state index contributed by atoms with van der Waals surface area (Å²) in [6.07, 6.45) is -4.89. The number of nitrogens with two attached hydrogens (primary N) is 1. The Morgan fingerprint density at radius 3 is 2.57 bits per heavy atom. The van der Waals surface area contributed by atoms with Crippen LogP contribution >= 0.6 is 0 Å². The van der Waals surface area contributed by atoms with Gasteiger partial charge in [-0.1, -0.05) is 0 Å². The number of hydrogen-bond donors (Lipinski definition) is 3. The van der Waals surface area contributed by atoms with E-state index in [0.29, 0.717) is 17.8 Å². The van der Waals surface area contributed by atoms with Crippen molar-refractivity contribution in [1.29, 1.82) is 0 Å². The molecule has 9 heteroatoms. The summed E-state index contributed by atoms with van der Waals surface area (Å²) >= 11 is 0. The highest BCUT2D eigenvalue weighted by molar-refractivity contribution is 6.05. The van der Waals surface area contributed by atoms with Crippen LogP contribution in [0.1, 0.15) is 21.6 Å². The van der Waals surface area contributed by atoms with E-state index in [1.807, 2.05) is 0 Å². The third kappa shape index (κ3) is 2.96. The van der Waals surface area contributed by atoms with Gasteiger partial charge in [-0.3, -0.25) is 9.89 Å². The number of H-pyrrole nitrogens is 1. The average molecular weight is 302 g/mol. The summed E-state index contributed by atoms with van der Waals surface area (Å²) in [4.78, 5) is 11.9. The molecule has 0 aliphatic carbocycles. The number of nitrogens with zero attached hydrogens (tertiary/aromatic N) is 1. The van der Waals surface area contributed by atoms with E-state index < -0.39 is 23.5 Å². The fourth-order valence-electron chi connectivity index (χ4n) is 1.60. The second kappa shape index (κ2) is 5.08. The molecule has 1 aromatic heterocycles. The molecule has 0 spiro atoms. The first-order valence-electron chi connectivity index (χ1n) is 5.68. The molecule has 1 heterocycles. The lowest BCUT2D eigenvalue weighted by atomic mass is 10.1. The summed E-state index contributed by atoms with van der Waals surface area (Å²) in [7, 11) is 0. The van der Waals surface area contributed by atoms with Crippen molar-refractivity contribution in [3.8, 4) is 0 Å². The highest BCUT2D eigenvalue weighted by atomic mass is 19.4. The molecule has 0 fully saturated rings. The van der Waals surface area contributed by atoms with Gasteiger partial charge in [-0.05, 0) is 25.1 Å². The zero-order chi connectivity index (χ0) is 15.8. The van der Waals surface area contributed by atoms with E-state index in [2.05, 4.69) is 15.5 Å². The quantitative estimate of drug-likeness (QED) is 0.746. The van der Waals surface area contributed by atoms with Crippen molar-refractivity contribution >= 4 is 17.4 Å². The van der Waals surface area contributed by atoms with Crippen LogP contribution in [0, 0.1) is 12.7 Å². The van der Waals surface area contributed by atoms with Crippen LogP contribution in [0.15, 0.2) is 18.2 Å². The summed E-state index contributed by atoms with van der Waals surface area (Å²) in [6, 6.07) is 1.95. The highest BCUT2D eigenvalue weighted by Gasteiger charge is 2.34. The van der Waals surface area contributed by atoms with Crippen LogP contribution in [0.2, 0.25) is 0 Å². The third-order valence-corrected chi connectivity index (χ3v) is 2.76. The molecule has 112 valence electrons. The topological polar surface area (TPSA) is 83.8 Å². The number of anilines is 2. The van der Waals surface area contributed by atoms with Crippen molar-refractivity contribution < 1.29 is 22.4 Å². The first kappa shape index (κ1) is 14.8. The van der Waals surface area contributed by atoms with Gasteiger partial charge in [-0.25, -0.2) is 4.39 Å². The largest absolute Gasteiger partial charge is 0.419 e. The predicted octanol–water partition coefficient (Wildman–Crippen LogP) is 2.71. The number of nitrogen functional groups attached to an aromatic ring is 1. The number of halogens is 4.